The average molecular weight is 232 g/mol. The molecule has 2 heteroatoms. The van der Waals surface area contributed by atoms with Crippen molar-refractivity contribution in [2.75, 3.05) is 11.1 Å². The van der Waals surface area contributed by atoms with E-state index in [1.165, 1.54) is 38.5 Å². The Morgan fingerprint density at radius 3 is 2.53 bits per heavy atom. The van der Waals surface area contributed by atoms with E-state index in [0.29, 0.717) is 6.04 Å². The van der Waals surface area contributed by atoms with Gasteiger partial charge in [0.05, 0.1) is 11.4 Å². The van der Waals surface area contributed by atoms with Gasteiger partial charge >= 0.3 is 0 Å². The summed E-state index contributed by atoms with van der Waals surface area (Å²) in [6, 6.07) is 8.69. The lowest BCUT2D eigenvalue weighted by Gasteiger charge is -2.30. The van der Waals surface area contributed by atoms with E-state index in [-0.39, 0.29) is 0 Å². The second-order valence-corrected chi connectivity index (χ2v) is 5.24. The van der Waals surface area contributed by atoms with Crippen LogP contribution < -0.4 is 11.1 Å². The summed E-state index contributed by atoms with van der Waals surface area (Å²) < 4.78 is 0. The van der Waals surface area contributed by atoms with Crippen LogP contribution in [0.15, 0.2) is 24.3 Å². The van der Waals surface area contributed by atoms with E-state index < -0.39 is 0 Å². The van der Waals surface area contributed by atoms with E-state index in [1.54, 1.807) is 0 Å². The molecule has 0 aromatic heterocycles. The molecule has 1 aromatic rings. The van der Waals surface area contributed by atoms with Crippen LogP contribution in [0.2, 0.25) is 0 Å². The third-order valence-corrected chi connectivity index (χ3v) is 3.86. The molecule has 0 heterocycles. The van der Waals surface area contributed by atoms with E-state index in [0.717, 1.165) is 17.3 Å². The van der Waals surface area contributed by atoms with Crippen LogP contribution in [-0.2, 0) is 0 Å². The van der Waals surface area contributed by atoms with Gasteiger partial charge in [0.2, 0.25) is 0 Å². The zero-order valence-corrected chi connectivity index (χ0v) is 10.8. The lowest BCUT2D eigenvalue weighted by Crippen LogP contribution is -2.26. The van der Waals surface area contributed by atoms with Crippen molar-refractivity contribution < 1.29 is 0 Å². The Labute approximate surface area is 105 Å². The molecular formula is C15H24N2. The van der Waals surface area contributed by atoms with Crippen molar-refractivity contribution in [3.63, 3.8) is 0 Å². The SMILES string of the molecule is CCCC1CCC(Nc2ccccc2N)CC1. The molecule has 1 aliphatic rings. The number of para-hydroxylation sites is 2. The van der Waals surface area contributed by atoms with Gasteiger partial charge in [0.1, 0.15) is 0 Å². The molecule has 1 saturated carbocycles. The highest BCUT2D eigenvalue weighted by atomic mass is 14.9. The molecule has 17 heavy (non-hydrogen) atoms. The van der Waals surface area contributed by atoms with E-state index in [1.807, 2.05) is 18.2 Å². The second-order valence-electron chi connectivity index (χ2n) is 5.24. The summed E-state index contributed by atoms with van der Waals surface area (Å²) in [6.07, 6.45) is 8.06. The first kappa shape index (κ1) is 12.3. The van der Waals surface area contributed by atoms with Crippen LogP contribution in [0.4, 0.5) is 11.4 Å². The van der Waals surface area contributed by atoms with Gasteiger partial charge < -0.3 is 11.1 Å². The largest absolute Gasteiger partial charge is 0.397 e. The Morgan fingerprint density at radius 1 is 1.18 bits per heavy atom. The molecule has 0 spiro atoms. The number of anilines is 2. The predicted octanol–water partition coefficient (Wildman–Crippen LogP) is 4.04. The number of nitrogen functional groups attached to an aromatic ring is 1. The van der Waals surface area contributed by atoms with Gasteiger partial charge in [0.25, 0.3) is 0 Å². The molecule has 0 amide bonds. The number of nitrogens with one attached hydrogen (secondary N) is 1. The van der Waals surface area contributed by atoms with Crippen molar-refractivity contribution in [2.45, 2.75) is 51.5 Å². The fourth-order valence-electron chi connectivity index (χ4n) is 2.85. The molecule has 3 N–H and O–H groups in total. The summed E-state index contributed by atoms with van der Waals surface area (Å²) in [5.74, 6) is 0.964. The van der Waals surface area contributed by atoms with Gasteiger partial charge in [0.15, 0.2) is 0 Å². The van der Waals surface area contributed by atoms with E-state index >= 15 is 0 Å². The first-order valence-electron chi connectivity index (χ1n) is 6.90. The lowest BCUT2D eigenvalue weighted by molar-refractivity contribution is 0.319. The zero-order valence-electron chi connectivity index (χ0n) is 10.8. The predicted molar refractivity (Wildman–Crippen MR) is 75.1 cm³/mol. The maximum atomic E-state index is 5.95. The molecule has 1 aromatic carbocycles. The maximum Gasteiger partial charge on any atom is 0.0576 e. The Kier molecular flexibility index (Phi) is 4.29. The first-order valence-corrected chi connectivity index (χ1v) is 6.90. The minimum atomic E-state index is 0.618. The van der Waals surface area contributed by atoms with Crippen LogP contribution in [0.5, 0.6) is 0 Å². The third kappa shape index (κ3) is 3.39. The molecule has 2 rings (SSSR count). The zero-order chi connectivity index (χ0) is 12.1. The van der Waals surface area contributed by atoms with Crippen LogP contribution in [-0.4, -0.2) is 6.04 Å². The number of benzene rings is 1. The Balaban J connectivity index is 1.84. The highest BCUT2D eigenvalue weighted by Crippen LogP contribution is 2.30. The van der Waals surface area contributed by atoms with Crippen LogP contribution in [0.25, 0.3) is 0 Å². The van der Waals surface area contributed by atoms with Gasteiger partial charge in [-0.15, -0.1) is 0 Å². The minimum absolute atomic E-state index is 0.618. The normalized spacial score (nSPS) is 24.5. The maximum absolute atomic E-state index is 5.95. The van der Waals surface area contributed by atoms with E-state index in [9.17, 15) is 0 Å². The summed E-state index contributed by atoms with van der Waals surface area (Å²) in [5, 5.41) is 3.59. The van der Waals surface area contributed by atoms with Crippen molar-refractivity contribution in [1.82, 2.24) is 0 Å². The third-order valence-electron chi connectivity index (χ3n) is 3.86. The molecule has 1 fully saturated rings. The second kappa shape index (κ2) is 5.95. The fourth-order valence-corrected chi connectivity index (χ4v) is 2.85. The highest BCUT2D eigenvalue weighted by Gasteiger charge is 2.20. The highest BCUT2D eigenvalue weighted by molar-refractivity contribution is 5.65. The molecule has 0 radical (unpaired) electrons. The standard InChI is InChI=1S/C15H24N2/c1-2-5-12-8-10-13(11-9-12)17-15-7-4-3-6-14(15)16/h3-4,6-7,12-13,17H,2,5,8-11,16H2,1H3. The molecule has 1 aliphatic carbocycles. The number of hydrogen-bond acceptors (Lipinski definition) is 2. The molecule has 0 aliphatic heterocycles. The average Bonchev–Trinajstić information content (AvgIpc) is 2.35. The van der Waals surface area contributed by atoms with Crippen LogP contribution >= 0.6 is 0 Å². The van der Waals surface area contributed by atoms with Crippen molar-refractivity contribution >= 4 is 11.4 Å². The summed E-state index contributed by atoms with van der Waals surface area (Å²) in [5.41, 5.74) is 7.92. The molecule has 0 unspecified atom stereocenters. The lowest BCUT2D eigenvalue weighted by atomic mass is 9.83. The van der Waals surface area contributed by atoms with Crippen LogP contribution in [0.1, 0.15) is 45.4 Å². The van der Waals surface area contributed by atoms with Gasteiger partial charge in [-0.3, -0.25) is 0 Å². The summed E-state index contributed by atoms with van der Waals surface area (Å²) in [4.78, 5) is 0. The molecule has 0 atom stereocenters. The Morgan fingerprint density at radius 2 is 1.88 bits per heavy atom. The summed E-state index contributed by atoms with van der Waals surface area (Å²) in [6.45, 7) is 2.29. The van der Waals surface area contributed by atoms with Gasteiger partial charge in [-0.05, 0) is 43.7 Å². The molecular weight excluding hydrogens is 208 g/mol. The van der Waals surface area contributed by atoms with Crippen molar-refractivity contribution in [3.05, 3.63) is 24.3 Å². The number of nitrogens with two attached hydrogens (primary N) is 1. The van der Waals surface area contributed by atoms with Gasteiger partial charge in [-0.25, -0.2) is 0 Å². The molecule has 2 nitrogen and oxygen atoms in total. The Hall–Kier alpha value is -1.18. The van der Waals surface area contributed by atoms with Crippen molar-refractivity contribution in [2.24, 2.45) is 5.92 Å². The number of rotatable bonds is 4. The van der Waals surface area contributed by atoms with Gasteiger partial charge in [-0.2, -0.15) is 0 Å². The van der Waals surface area contributed by atoms with Crippen LogP contribution in [0, 0.1) is 5.92 Å². The van der Waals surface area contributed by atoms with Crippen LogP contribution in [0.3, 0.4) is 0 Å². The molecule has 0 bridgehead atoms. The Bertz CT molecular complexity index is 341. The smallest absolute Gasteiger partial charge is 0.0576 e. The van der Waals surface area contributed by atoms with Gasteiger partial charge in [0, 0.05) is 6.04 Å². The van der Waals surface area contributed by atoms with E-state index in [2.05, 4.69) is 18.3 Å². The van der Waals surface area contributed by atoms with Crippen molar-refractivity contribution in [3.8, 4) is 0 Å². The molecule has 0 saturated heterocycles. The topological polar surface area (TPSA) is 38.0 Å². The quantitative estimate of drug-likeness (QED) is 0.769. The number of hydrogen-bond donors (Lipinski definition) is 2. The minimum Gasteiger partial charge on any atom is -0.397 e. The van der Waals surface area contributed by atoms with Crippen molar-refractivity contribution in [1.29, 1.82) is 0 Å². The molecule has 94 valence electrons. The summed E-state index contributed by atoms with van der Waals surface area (Å²) >= 11 is 0. The van der Waals surface area contributed by atoms with E-state index in [4.69, 9.17) is 5.73 Å². The van der Waals surface area contributed by atoms with Gasteiger partial charge in [-0.1, -0.05) is 31.9 Å². The fraction of sp³-hybridized carbons (Fsp3) is 0.600. The first-order chi connectivity index (χ1) is 8.29. The summed E-state index contributed by atoms with van der Waals surface area (Å²) in [7, 11) is 0. The monoisotopic (exact) mass is 232 g/mol.